The van der Waals surface area contributed by atoms with Gasteiger partial charge >= 0.3 is 0 Å². The highest BCUT2D eigenvalue weighted by atomic mass is 32.2. The largest absolute Gasteiger partial charge is 0.543 e. The zero-order chi connectivity index (χ0) is 27.3. The number of fused-ring (bicyclic) bond motifs is 1. The number of nitrogens with two attached hydrogens (primary N) is 2. The Bertz CT molecular complexity index is 1190. The van der Waals surface area contributed by atoms with Crippen LogP contribution in [0.2, 0.25) is 0 Å². The number of amides is 3. The Kier molecular flexibility index (Phi) is 8.82. The molecule has 3 rings (SSSR count). The summed E-state index contributed by atoms with van der Waals surface area (Å²) >= 11 is 2.01. The third kappa shape index (κ3) is 6.23. The zero-order valence-electron chi connectivity index (χ0n) is 19.9. The predicted molar refractivity (Wildman–Crippen MR) is 130 cm³/mol. The van der Waals surface area contributed by atoms with Gasteiger partial charge in [0.15, 0.2) is 11.7 Å². The molecular formula is C20H25FN8O6S2. The first-order valence-corrected chi connectivity index (χ1v) is 12.7. The number of hydrogen-bond acceptors (Lipinski definition) is 12. The second-order valence-corrected chi connectivity index (χ2v) is 10.2. The van der Waals surface area contributed by atoms with Crippen molar-refractivity contribution in [3.05, 3.63) is 29.2 Å². The number of aliphatic carboxylic acids is 1. The van der Waals surface area contributed by atoms with Crippen molar-refractivity contribution in [1.29, 1.82) is 0 Å². The average Bonchev–Trinajstić information content (AvgIpc) is 3.27. The fourth-order valence-electron chi connectivity index (χ4n) is 3.70. The van der Waals surface area contributed by atoms with Gasteiger partial charge in [-0.3, -0.25) is 19.3 Å². The van der Waals surface area contributed by atoms with Gasteiger partial charge in [0, 0.05) is 17.3 Å². The molecule has 0 aliphatic carbocycles. The number of carboxylic acids is 1. The summed E-state index contributed by atoms with van der Waals surface area (Å²) in [6, 6.07) is -1.10. The molecule has 1 saturated heterocycles. The van der Waals surface area contributed by atoms with E-state index >= 15 is 0 Å². The highest BCUT2D eigenvalue weighted by Crippen LogP contribution is 2.40. The Morgan fingerprint density at radius 2 is 2.16 bits per heavy atom. The number of primary amides is 1. The molecule has 2 aliphatic heterocycles. The summed E-state index contributed by atoms with van der Waals surface area (Å²) in [6.07, 6.45) is 3.30. The van der Waals surface area contributed by atoms with Gasteiger partial charge in [0.25, 0.3) is 24.6 Å². The van der Waals surface area contributed by atoms with Gasteiger partial charge in [0.1, 0.15) is 11.4 Å². The maximum atomic E-state index is 12.9. The van der Waals surface area contributed by atoms with Crippen LogP contribution in [0.5, 0.6) is 0 Å². The van der Waals surface area contributed by atoms with Crippen LogP contribution in [0.15, 0.2) is 28.6 Å². The van der Waals surface area contributed by atoms with Crippen molar-refractivity contribution in [2.24, 2.45) is 10.9 Å². The number of hydrogen-bond donors (Lipinski definition) is 3. The number of β-lactam (4-membered cyclic amide) rings is 1. The molecule has 0 aromatic carbocycles. The van der Waals surface area contributed by atoms with Crippen molar-refractivity contribution in [2.45, 2.75) is 18.3 Å². The van der Waals surface area contributed by atoms with Crippen molar-refractivity contribution in [2.75, 3.05) is 45.0 Å². The first kappa shape index (κ1) is 28.0. The maximum Gasteiger partial charge on any atom is 0.278 e. The fraction of sp³-hybridized carbons (Fsp3) is 0.450. The normalized spacial score (nSPS) is 21.3. The topological polar surface area (TPSA) is 206 Å². The van der Waals surface area contributed by atoms with E-state index in [-0.39, 0.29) is 29.0 Å². The average molecular weight is 557 g/mol. The first-order valence-electron chi connectivity index (χ1n) is 10.8. The van der Waals surface area contributed by atoms with Gasteiger partial charge in [-0.1, -0.05) is 11.2 Å². The molecule has 0 bridgehead atoms. The van der Waals surface area contributed by atoms with E-state index in [0.717, 1.165) is 16.4 Å². The monoisotopic (exact) mass is 556 g/mol. The summed E-state index contributed by atoms with van der Waals surface area (Å²) in [7, 11) is 1.84. The number of carboxylic acid groups (broad SMARTS) is 1. The van der Waals surface area contributed by atoms with Gasteiger partial charge in [-0.2, -0.15) is 9.36 Å². The lowest BCUT2D eigenvalue weighted by Gasteiger charge is -2.50. The van der Waals surface area contributed by atoms with Gasteiger partial charge in [-0.05, 0) is 18.6 Å². The number of carbonyl (C=O) groups is 4. The molecule has 0 spiro atoms. The highest BCUT2D eigenvalue weighted by molar-refractivity contribution is 8.00. The Morgan fingerprint density at radius 3 is 2.73 bits per heavy atom. The van der Waals surface area contributed by atoms with Gasteiger partial charge in [0.05, 0.1) is 31.8 Å². The molecule has 1 aromatic heterocycles. The van der Waals surface area contributed by atoms with Crippen LogP contribution in [0.4, 0.5) is 9.52 Å². The van der Waals surface area contributed by atoms with E-state index in [1.54, 1.807) is 12.2 Å². The van der Waals surface area contributed by atoms with Gasteiger partial charge in [-0.25, -0.2) is 4.39 Å². The van der Waals surface area contributed by atoms with Crippen LogP contribution >= 0.6 is 23.3 Å². The number of rotatable bonds is 12. The SMILES string of the molecule is CC[N+](C)(CC=CC1=C(C(=O)[O-])N2C(=O)C(NC(=O)C(=NOCF)c3nsc(N)n3)C2SC1)CC(N)=O. The lowest BCUT2D eigenvalue weighted by molar-refractivity contribution is -0.894. The summed E-state index contributed by atoms with van der Waals surface area (Å²) < 4.78 is 16.6. The summed E-state index contributed by atoms with van der Waals surface area (Å²) in [5.74, 6) is -3.63. The Labute approximate surface area is 218 Å². The van der Waals surface area contributed by atoms with E-state index in [0.29, 0.717) is 23.1 Å². The number of anilines is 1. The molecule has 5 N–H and O–H groups in total. The maximum absolute atomic E-state index is 12.9. The second-order valence-electron chi connectivity index (χ2n) is 8.30. The van der Waals surface area contributed by atoms with Gasteiger partial charge in [0.2, 0.25) is 11.5 Å². The highest BCUT2D eigenvalue weighted by Gasteiger charge is 2.53. The summed E-state index contributed by atoms with van der Waals surface area (Å²) in [5.41, 5.74) is 10.4. The number of carbonyl (C=O) groups excluding carboxylic acids is 4. The quantitative estimate of drug-likeness (QED) is 0.108. The smallest absolute Gasteiger partial charge is 0.278 e. The van der Waals surface area contributed by atoms with E-state index in [4.69, 9.17) is 11.5 Å². The van der Waals surface area contributed by atoms with Crippen molar-refractivity contribution >= 4 is 57.8 Å². The van der Waals surface area contributed by atoms with E-state index < -0.39 is 47.7 Å². The molecular weight excluding hydrogens is 531 g/mol. The molecule has 0 radical (unpaired) electrons. The molecule has 1 fully saturated rings. The predicted octanol–water partition coefficient (Wildman–Crippen LogP) is -2.32. The second kappa shape index (κ2) is 11.7. The minimum absolute atomic E-state index is 0.0291. The number of nitrogens with one attached hydrogen (secondary N) is 1. The number of alkyl halides is 1. The molecule has 3 atom stereocenters. The van der Waals surface area contributed by atoms with Crippen LogP contribution in [0.25, 0.3) is 0 Å². The molecule has 3 amide bonds. The van der Waals surface area contributed by atoms with E-state index in [2.05, 4.69) is 24.7 Å². The Hall–Kier alpha value is -3.57. The molecule has 1 aromatic rings. The van der Waals surface area contributed by atoms with Gasteiger partial charge < -0.3 is 36.0 Å². The lowest BCUT2D eigenvalue weighted by atomic mass is 10.0. The van der Waals surface area contributed by atoms with Crippen LogP contribution in [0.3, 0.4) is 0 Å². The summed E-state index contributed by atoms with van der Waals surface area (Å²) in [4.78, 5) is 58.1. The number of aromatic nitrogens is 2. The summed E-state index contributed by atoms with van der Waals surface area (Å²) in [6.45, 7) is 1.71. The fourth-order valence-corrected chi connectivity index (χ4v) is 5.46. The molecule has 2 aliphatic rings. The zero-order valence-corrected chi connectivity index (χ0v) is 21.5. The number of likely N-dealkylation sites (N-methyl/N-ethyl adjacent to an activating group) is 1. The van der Waals surface area contributed by atoms with Crippen LogP contribution in [-0.4, -0.2) is 98.9 Å². The van der Waals surface area contributed by atoms with Crippen LogP contribution in [-0.2, 0) is 24.0 Å². The Balaban J connectivity index is 1.76. The standard InChI is InChI=1S/C20H25FN8O6S2/c1-3-29(2,7-11(22)30)6-4-5-10-8-36-18-13(17(32)28(18)14(10)19(33)34)24-16(31)12(26-35-9-21)15-25-20(23)37-27-15/h4-5,13,18H,3,6-9H2,1-2H3,(H5-,22,23,24,25,27,30,31,33,34). The van der Waals surface area contributed by atoms with E-state index in [9.17, 15) is 28.7 Å². The van der Waals surface area contributed by atoms with Crippen molar-refractivity contribution in [3.8, 4) is 0 Å². The first-order chi connectivity index (χ1) is 17.5. The number of nitrogen functional groups attached to an aromatic ring is 1. The minimum Gasteiger partial charge on any atom is -0.543 e. The van der Waals surface area contributed by atoms with Crippen LogP contribution in [0.1, 0.15) is 12.7 Å². The van der Waals surface area contributed by atoms with Gasteiger partial charge in [-0.15, -0.1) is 11.8 Å². The van der Waals surface area contributed by atoms with Crippen molar-refractivity contribution < 1.29 is 38.0 Å². The molecule has 3 unspecified atom stereocenters. The van der Waals surface area contributed by atoms with E-state index in [1.165, 1.54) is 11.8 Å². The van der Waals surface area contributed by atoms with Crippen LogP contribution < -0.4 is 21.9 Å². The number of quaternary nitrogens is 1. The number of allylic oxidation sites excluding steroid dienone is 1. The van der Waals surface area contributed by atoms with Crippen LogP contribution in [0, 0.1) is 0 Å². The van der Waals surface area contributed by atoms with E-state index in [1.807, 2.05) is 14.0 Å². The Morgan fingerprint density at radius 1 is 1.43 bits per heavy atom. The van der Waals surface area contributed by atoms with Crippen molar-refractivity contribution in [3.63, 3.8) is 0 Å². The summed E-state index contributed by atoms with van der Waals surface area (Å²) in [5, 5.41) is 17.1. The molecule has 14 nitrogen and oxygen atoms in total. The molecule has 37 heavy (non-hydrogen) atoms. The molecule has 17 heteroatoms. The number of oxime groups is 1. The lowest BCUT2D eigenvalue weighted by Crippen LogP contribution is -2.71. The molecule has 0 saturated carbocycles. The third-order valence-electron chi connectivity index (χ3n) is 5.72. The number of halogens is 1. The van der Waals surface area contributed by atoms with Crippen molar-refractivity contribution in [1.82, 2.24) is 19.6 Å². The number of nitrogens with zero attached hydrogens (tertiary/aromatic N) is 5. The molecule has 3 heterocycles. The molecule has 200 valence electrons. The third-order valence-corrected chi connectivity index (χ3v) is 7.56. The number of thioether (sulfide) groups is 1. The minimum atomic E-state index is -1.55.